The van der Waals surface area contributed by atoms with E-state index >= 15 is 0 Å². The van der Waals surface area contributed by atoms with Crippen LogP contribution in [0.15, 0.2) is 48.7 Å². The minimum Gasteiger partial charge on any atom is -0.493 e. The van der Waals surface area contributed by atoms with Crippen molar-refractivity contribution < 1.29 is 18.7 Å². The number of nitrogens with zero attached hydrogens (tertiary/aromatic N) is 3. The zero-order valence-electron chi connectivity index (χ0n) is 17.3. The van der Waals surface area contributed by atoms with Crippen LogP contribution < -0.4 is 9.47 Å². The number of halogens is 3. The summed E-state index contributed by atoms with van der Waals surface area (Å²) in [7, 11) is 0. The largest absolute Gasteiger partial charge is 0.493 e. The van der Waals surface area contributed by atoms with E-state index in [0.29, 0.717) is 62.5 Å². The molecule has 2 aromatic carbocycles. The van der Waals surface area contributed by atoms with Gasteiger partial charge in [-0.3, -0.25) is 4.79 Å². The molecule has 0 bridgehead atoms. The fraction of sp³-hybridized carbons (Fsp3) is 0.125. The summed E-state index contributed by atoms with van der Waals surface area (Å²) in [6.45, 7) is 2.36. The molecule has 4 aromatic rings. The van der Waals surface area contributed by atoms with Gasteiger partial charge < -0.3 is 9.47 Å². The summed E-state index contributed by atoms with van der Waals surface area (Å²) in [4.78, 5) is 15.5. The number of fused-ring (bicyclic) bond motifs is 3. The van der Waals surface area contributed by atoms with E-state index in [2.05, 4.69) is 10.1 Å². The Morgan fingerprint density at radius 1 is 1.15 bits per heavy atom. The molecule has 33 heavy (non-hydrogen) atoms. The van der Waals surface area contributed by atoms with Gasteiger partial charge in [0.15, 0.2) is 6.29 Å². The first-order valence-electron chi connectivity index (χ1n) is 10.1. The number of aldehydes is 1. The zero-order valence-corrected chi connectivity index (χ0v) is 18.8. The van der Waals surface area contributed by atoms with Crippen molar-refractivity contribution in [3.8, 4) is 39.6 Å². The lowest BCUT2D eigenvalue weighted by molar-refractivity contribution is 0.111. The third-order valence-corrected chi connectivity index (χ3v) is 5.71. The zero-order chi connectivity index (χ0) is 23.1. The van der Waals surface area contributed by atoms with Gasteiger partial charge in [0, 0.05) is 44.6 Å². The Hall–Kier alpha value is -3.42. The van der Waals surface area contributed by atoms with Gasteiger partial charge in [-0.15, -0.1) is 0 Å². The summed E-state index contributed by atoms with van der Waals surface area (Å²) in [5.41, 5.74) is 3.45. The van der Waals surface area contributed by atoms with Crippen molar-refractivity contribution in [3.05, 3.63) is 75.9 Å². The highest BCUT2D eigenvalue weighted by Gasteiger charge is 2.29. The van der Waals surface area contributed by atoms with Crippen LogP contribution in [0, 0.1) is 5.95 Å². The molecule has 2 aromatic heterocycles. The highest BCUT2D eigenvalue weighted by molar-refractivity contribution is 6.34. The van der Waals surface area contributed by atoms with Crippen LogP contribution in [0.5, 0.6) is 11.5 Å². The van der Waals surface area contributed by atoms with E-state index in [1.54, 1.807) is 47.1 Å². The van der Waals surface area contributed by atoms with Gasteiger partial charge in [0.2, 0.25) is 5.95 Å². The summed E-state index contributed by atoms with van der Waals surface area (Å²) in [5, 5.41) is 5.32. The Labute approximate surface area is 198 Å². The number of aromatic nitrogens is 3. The molecule has 6 nitrogen and oxygen atoms in total. The van der Waals surface area contributed by atoms with Crippen molar-refractivity contribution >= 4 is 29.5 Å². The molecule has 1 aliphatic rings. The molecule has 0 saturated carbocycles. The minimum atomic E-state index is -0.626. The molecule has 0 saturated heterocycles. The highest BCUT2D eigenvalue weighted by Crippen LogP contribution is 2.46. The van der Waals surface area contributed by atoms with Crippen molar-refractivity contribution in [2.24, 2.45) is 0 Å². The quantitative estimate of drug-likeness (QED) is 0.251. The first kappa shape index (κ1) is 21.4. The van der Waals surface area contributed by atoms with Gasteiger partial charge in [-0.1, -0.05) is 23.2 Å². The van der Waals surface area contributed by atoms with Crippen LogP contribution in [0.1, 0.15) is 23.0 Å². The summed E-state index contributed by atoms with van der Waals surface area (Å²) in [6.07, 6.45) is 2.05. The van der Waals surface area contributed by atoms with Crippen LogP contribution in [0.2, 0.25) is 10.0 Å². The van der Waals surface area contributed by atoms with E-state index in [0.717, 1.165) is 0 Å². The van der Waals surface area contributed by atoms with Crippen LogP contribution in [0.3, 0.4) is 0 Å². The van der Waals surface area contributed by atoms with E-state index in [1.165, 1.54) is 6.20 Å². The number of rotatable bonds is 5. The van der Waals surface area contributed by atoms with Gasteiger partial charge in [0.25, 0.3) is 0 Å². The van der Waals surface area contributed by atoms with E-state index < -0.39 is 5.95 Å². The molecule has 1 aliphatic heterocycles. The average molecular weight is 484 g/mol. The standard InChI is InChI=1S/C24H16Cl2FN3O3/c1-2-32-21-10-22-18(9-17(21)16-4-3-5-28-24(16)27)23-19(12-33-22)20(11-31)29-30(23)15-7-13(25)6-14(26)8-15/h3-11H,2,12H2,1H3. The van der Waals surface area contributed by atoms with E-state index in [-0.39, 0.29) is 17.9 Å². The summed E-state index contributed by atoms with van der Waals surface area (Å²) in [6, 6.07) is 11.8. The number of ether oxygens (including phenoxy) is 2. The maximum Gasteiger partial charge on any atom is 0.220 e. The molecule has 0 N–H and O–H groups in total. The number of carbonyl (C=O) groups is 1. The molecular formula is C24H16Cl2FN3O3. The topological polar surface area (TPSA) is 66.2 Å². The van der Waals surface area contributed by atoms with E-state index in [9.17, 15) is 9.18 Å². The number of pyridine rings is 1. The van der Waals surface area contributed by atoms with Crippen LogP contribution in [-0.2, 0) is 6.61 Å². The lowest BCUT2D eigenvalue weighted by Crippen LogP contribution is -2.09. The fourth-order valence-corrected chi connectivity index (χ4v) is 4.43. The Balaban J connectivity index is 1.80. The average Bonchev–Trinajstić information content (AvgIpc) is 3.18. The maximum atomic E-state index is 14.6. The number of benzene rings is 2. The maximum absolute atomic E-state index is 14.6. The first-order chi connectivity index (χ1) is 16.0. The second-order valence-corrected chi connectivity index (χ2v) is 8.15. The molecule has 0 atom stereocenters. The third kappa shape index (κ3) is 3.73. The van der Waals surface area contributed by atoms with Gasteiger partial charge >= 0.3 is 0 Å². The van der Waals surface area contributed by atoms with Crippen molar-refractivity contribution in [1.82, 2.24) is 14.8 Å². The molecule has 0 unspecified atom stereocenters. The predicted octanol–water partition coefficient (Wildman–Crippen LogP) is 6.15. The SMILES string of the molecule is CCOc1cc2c(cc1-c1cccnc1F)-c1c(c(C=O)nn1-c1cc(Cl)cc(Cl)c1)CO2. The van der Waals surface area contributed by atoms with Crippen molar-refractivity contribution in [2.75, 3.05) is 6.61 Å². The van der Waals surface area contributed by atoms with Crippen LogP contribution in [-0.4, -0.2) is 27.7 Å². The molecule has 0 aliphatic carbocycles. The summed E-state index contributed by atoms with van der Waals surface area (Å²) >= 11 is 12.4. The van der Waals surface area contributed by atoms with Crippen molar-refractivity contribution in [2.45, 2.75) is 13.5 Å². The molecule has 166 valence electrons. The molecule has 0 fully saturated rings. The second kappa shape index (κ2) is 8.50. The molecule has 0 spiro atoms. The predicted molar refractivity (Wildman–Crippen MR) is 123 cm³/mol. The monoisotopic (exact) mass is 483 g/mol. The van der Waals surface area contributed by atoms with Gasteiger partial charge in [-0.25, -0.2) is 9.67 Å². The molecule has 0 amide bonds. The fourth-order valence-electron chi connectivity index (χ4n) is 3.92. The lowest BCUT2D eigenvalue weighted by atomic mass is 9.96. The first-order valence-corrected chi connectivity index (χ1v) is 10.8. The number of hydrogen-bond donors (Lipinski definition) is 0. The van der Waals surface area contributed by atoms with Gasteiger partial charge in [0.1, 0.15) is 23.8 Å². The summed E-state index contributed by atoms with van der Waals surface area (Å²) in [5.74, 6) is 0.351. The normalized spacial score (nSPS) is 12.0. The summed E-state index contributed by atoms with van der Waals surface area (Å²) < 4.78 is 28.0. The third-order valence-electron chi connectivity index (χ3n) is 5.28. The molecule has 9 heteroatoms. The van der Waals surface area contributed by atoms with E-state index in [1.807, 2.05) is 6.92 Å². The smallest absolute Gasteiger partial charge is 0.220 e. The second-order valence-electron chi connectivity index (χ2n) is 7.28. The Morgan fingerprint density at radius 3 is 2.64 bits per heavy atom. The molecule has 0 radical (unpaired) electrons. The number of hydrogen-bond acceptors (Lipinski definition) is 5. The van der Waals surface area contributed by atoms with Crippen molar-refractivity contribution in [3.63, 3.8) is 0 Å². The Kier molecular flexibility index (Phi) is 5.52. The van der Waals surface area contributed by atoms with Crippen LogP contribution >= 0.6 is 23.2 Å². The molecule has 3 heterocycles. The van der Waals surface area contributed by atoms with Gasteiger partial charge in [0.05, 0.1) is 18.0 Å². The minimum absolute atomic E-state index is 0.136. The Morgan fingerprint density at radius 2 is 1.94 bits per heavy atom. The van der Waals surface area contributed by atoms with Crippen molar-refractivity contribution in [1.29, 1.82) is 0 Å². The van der Waals surface area contributed by atoms with Crippen LogP contribution in [0.25, 0.3) is 28.1 Å². The molecule has 5 rings (SSSR count). The van der Waals surface area contributed by atoms with Crippen LogP contribution in [0.4, 0.5) is 4.39 Å². The Bertz CT molecular complexity index is 1380. The van der Waals surface area contributed by atoms with Gasteiger partial charge in [-0.2, -0.15) is 9.49 Å². The lowest BCUT2D eigenvalue weighted by Gasteiger charge is -2.22. The van der Waals surface area contributed by atoms with Gasteiger partial charge in [-0.05, 0) is 43.3 Å². The number of carbonyl (C=O) groups excluding carboxylic acids is 1. The molecular weight excluding hydrogens is 468 g/mol. The highest BCUT2D eigenvalue weighted by atomic mass is 35.5. The van der Waals surface area contributed by atoms with E-state index in [4.69, 9.17) is 32.7 Å².